The smallest absolute Gasteiger partial charge is 0.306 e. The van der Waals surface area contributed by atoms with Crippen LogP contribution in [0.1, 0.15) is 48.9 Å². The van der Waals surface area contributed by atoms with Crippen LogP contribution in [0.2, 0.25) is 0 Å². The molecule has 1 saturated carbocycles. The highest BCUT2D eigenvalue weighted by Gasteiger charge is 2.31. The van der Waals surface area contributed by atoms with Crippen molar-refractivity contribution in [1.82, 2.24) is 14.5 Å². The van der Waals surface area contributed by atoms with E-state index in [0.717, 1.165) is 52.9 Å². The fourth-order valence-electron chi connectivity index (χ4n) is 5.24. The minimum Gasteiger partial charge on any atom is -0.481 e. The van der Waals surface area contributed by atoms with Gasteiger partial charge >= 0.3 is 5.97 Å². The van der Waals surface area contributed by atoms with Crippen molar-refractivity contribution in [2.45, 2.75) is 51.6 Å². The van der Waals surface area contributed by atoms with Crippen LogP contribution in [0.5, 0.6) is 0 Å². The normalized spacial score (nSPS) is 21.0. The lowest BCUT2D eigenvalue weighted by Crippen LogP contribution is -2.38. The van der Waals surface area contributed by atoms with Crippen LogP contribution in [0.4, 0.5) is 4.39 Å². The molecule has 168 valence electrons. The van der Waals surface area contributed by atoms with Gasteiger partial charge in [0, 0.05) is 30.2 Å². The molecule has 1 amide bonds. The van der Waals surface area contributed by atoms with Crippen molar-refractivity contribution in [2.75, 3.05) is 6.54 Å². The zero-order valence-electron chi connectivity index (χ0n) is 17.8. The summed E-state index contributed by atoms with van der Waals surface area (Å²) in [5.41, 5.74) is 4.09. The van der Waals surface area contributed by atoms with Gasteiger partial charge in [-0.15, -0.1) is 11.3 Å². The highest BCUT2D eigenvalue weighted by molar-refractivity contribution is 7.08. The van der Waals surface area contributed by atoms with Gasteiger partial charge in [0.15, 0.2) is 5.13 Å². The molecule has 3 aromatic rings. The summed E-state index contributed by atoms with van der Waals surface area (Å²) < 4.78 is 15.7. The summed E-state index contributed by atoms with van der Waals surface area (Å²) in [6.07, 6.45) is 5.96. The topological polar surface area (TPSA) is 75.4 Å². The van der Waals surface area contributed by atoms with Crippen molar-refractivity contribution in [3.63, 3.8) is 0 Å². The Morgan fingerprint density at radius 2 is 2.06 bits per heavy atom. The molecule has 0 spiro atoms. The Bertz CT molecular complexity index is 1160. The predicted molar refractivity (Wildman–Crippen MR) is 120 cm³/mol. The number of fused-ring (bicyclic) bond motifs is 3. The van der Waals surface area contributed by atoms with E-state index in [1.54, 1.807) is 12.3 Å². The molecule has 6 nitrogen and oxygen atoms in total. The highest BCUT2D eigenvalue weighted by Crippen LogP contribution is 2.34. The Hall–Kier alpha value is -2.74. The Morgan fingerprint density at radius 1 is 1.25 bits per heavy atom. The minimum absolute atomic E-state index is 0.140. The molecule has 0 aromatic carbocycles. The first-order chi connectivity index (χ1) is 15.5. The monoisotopic (exact) mass is 455 g/mol. The van der Waals surface area contributed by atoms with E-state index in [1.165, 1.54) is 5.56 Å². The standard InChI is InChI=1S/C24H26FN3O3S/c25-21-10-16(14-32-21)12-28-20-13-27(9-7-18(20)19-2-1-8-26-23(19)28)22(29)11-15-3-5-17(6-4-15)24(30)31/h1-2,8,10,14-15,17H,3-7,9,11-13H2,(H,30,31). The van der Waals surface area contributed by atoms with Gasteiger partial charge in [0.05, 0.1) is 19.0 Å². The van der Waals surface area contributed by atoms with Crippen LogP contribution in [-0.4, -0.2) is 38.0 Å². The van der Waals surface area contributed by atoms with E-state index in [-0.39, 0.29) is 22.9 Å². The van der Waals surface area contributed by atoms with Crippen LogP contribution in [0.3, 0.4) is 0 Å². The average Bonchev–Trinajstić information content (AvgIpc) is 3.35. The molecule has 1 fully saturated rings. The maximum absolute atomic E-state index is 13.6. The average molecular weight is 456 g/mol. The lowest BCUT2D eigenvalue weighted by atomic mass is 9.80. The summed E-state index contributed by atoms with van der Waals surface area (Å²) >= 11 is 1.09. The number of hydrogen-bond acceptors (Lipinski definition) is 4. The van der Waals surface area contributed by atoms with Gasteiger partial charge in [-0.2, -0.15) is 4.39 Å². The quantitative estimate of drug-likeness (QED) is 0.617. The van der Waals surface area contributed by atoms with Gasteiger partial charge in [-0.3, -0.25) is 9.59 Å². The largest absolute Gasteiger partial charge is 0.481 e. The molecule has 3 aromatic heterocycles. The van der Waals surface area contributed by atoms with E-state index >= 15 is 0 Å². The maximum atomic E-state index is 13.6. The number of halogens is 1. The first-order valence-corrected chi connectivity index (χ1v) is 12.1. The molecule has 1 N–H and O–H groups in total. The van der Waals surface area contributed by atoms with Crippen LogP contribution < -0.4 is 0 Å². The number of rotatable bonds is 5. The van der Waals surface area contributed by atoms with Crippen LogP contribution >= 0.6 is 11.3 Å². The second-order valence-electron chi connectivity index (χ2n) is 8.97. The fourth-order valence-corrected chi connectivity index (χ4v) is 5.87. The maximum Gasteiger partial charge on any atom is 0.306 e. The van der Waals surface area contributed by atoms with Gasteiger partial charge < -0.3 is 14.6 Å². The first-order valence-electron chi connectivity index (χ1n) is 11.2. The van der Waals surface area contributed by atoms with Crippen LogP contribution in [0, 0.1) is 17.0 Å². The van der Waals surface area contributed by atoms with Crippen LogP contribution in [-0.2, 0) is 29.1 Å². The molecule has 0 radical (unpaired) electrons. The molecular formula is C24H26FN3O3S. The summed E-state index contributed by atoms with van der Waals surface area (Å²) in [5.74, 6) is -0.573. The van der Waals surface area contributed by atoms with E-state index in [2.05, 4.69) is 15.6 Å². The van der Waals surface area contributed by atoms with Gasteiger partial charge in [-0.25, -0.2) is 4.98 Å². The Kier molecular flexibility index (Phi) is 5.71. The Morgan fingerprint density at radius 3 is 2.78 bits per heavy atom. The SMILES string of the molecule is O=C(O)C1CCC(CC(=O)N2CCc3c(n(Cc4csc(F)c4)c4ncccc34)C2)CC1. The van der Waals surface area contributed by atoms with Gasteiger partial charge in [-0.1, -0.05) is 0 Å². The van der Waals surface area contributed by atoms with Gasteiger partial charge in [0.25, 0.3) is 0 Å². The Balaban J connectivity index is 1.34. The van der Waals surface area contributed by atoms with E-state index < -0.39 is 5.97 Å². The zero-order chi connectivity index (χ0) is 22.2. The van der Waals surface area contributed by atoms with Crippen molar-refractivity contribution < 1.29 is 19.1 Å². The molecule has 8 heteroatoms. The predicted octanol–water partition coefficient (Wildman–Crippen LogP) is 4.45. The highest BCUT2D eigenvalue weighted by atomic mass is 32.1. The van der Waals surface area contributed by atoms with Gasteiger partial charge in [0.1, 0.15) is 5.65 Å². The molecule has 2 aliphatic rings. The second kappa shape index (κ2) is 8.65. The number of carboxylic acids is 1. The molecule has 0 saturated heterocycles. The number of nitrogens with zero attached hydrogens (tertiary/aromatic N) is 3. The third kappa shape index (κ3) is 4.03. The number of carboxylic acid groups (broad SMARTS) is 1. The van der Waals surface area contributed by atoms with Crippen molar-refractivity contribution in [3.05, 3.63) is 51.7 Å². The van der Waals surface area contributed by atoms with Gasteiger partial charge in [-0.05, 0) is 72.7 Å². The summed E-state index contributed by atoms with van der Waals surface area (Å²) in [6.45, 7) is 1.74. The van der Waals surface area contributed by atoms with Crippen LogP contribution in [0.15, 0.2) is 29.8 Å². The molecule has 0 bridgehead atoms. The number of thiophene rings is 1. The van der Waals surface area contributed by atoms with Crippen molar-refractivity contribution in [2.24, 2.45) is 11.8 Å². The van der Waals surface area contributed by atoms with Crippen molar-refractivity contribution in [3.8, 4) is 0 Å². The molecule has 0 unspecified atom stereocenters. The second-order valence-corrected chi connectivity index (χ2v) is 9.83. The third-order valence-electron chi connectivity index (χ3n) is 6.99. The van der Waals surface area contributed by atoms with Crippen LogP contribution in [0.25, 0.3) is 11.0 Å². The summed E-state index contributed by atoms with van der Waals surface area (Å²) in [6, 6.07) is 5.57. The lowest BCUT2D eigenvalue weighted by molar-refractivity contribution is -0.143. The summed E-state index contributed by atoms with van der Waals surface area (Å²) in [7, 11) is 0. The van der Waals surface area contributed by atoms with Crippen molar-refractivity contribution >= 4 is 34.2 Å². The van der Waals surface area contributed by atoms with Gasteiger partial charge in [0.2, 0.25) is 5.91 Å². The number of hydrogen-bond donors (Lipinski definition) is 1. The number of carbonyl (C=O) groups excluding carboxylic acids is 1. The van der Waals surface area contributed by atoms with Crippen molar-refractivity contribution in [1.29, 1.82) is 0 Å². The number of aromatic nitrogens is 2. The summed E-state index contributed by atoms with van der Waals surface area (Å²) in [5, 5.41) is 11.9. The molecule has 1 aliphatic carbocycles. The van der Waals surface area contributed by atoms with E-state index in [4.69, 9.17) is 0 Å². The molecule has 5 rings (SSSR count). The third-order valence-corrected chi connectivity index (χ3v) is 7.75. The number of carbonyl (C=O) groups is 2. The van der Waals surface area contributed by atoms with E-state index in [9.17, 15) is 19.1 Å². The minimum atomic E-state index is -0.717. The fraction of sp³-hybridized carbons (Fsp3) is 0.458. The summed E-state index contributed by atoms with van der Waals surface area (Å²) in [4.78, 5) is 30.8. The number of pyridine rings is 1. The number of amides is 1. The molecular weight excluding hydrogens is 429 g/mol. The molecule has 4 heterocycles. The number of aliphatic carboxylic acids is 1. The van der Waals surface area contributed by atoms with E-state index in [0.29, 0.717) is 38.9 Å². The molecule has 32 heavy (non-hydrogen) atoms. The lowest BCUT2D eigenvalue weighted by Gasteiger charge is -2.31. The molecule has 0 atom stereocenters. The zero-order valence-corrected chi connectivity index (χ0v) is 18.6. The Labute approximate surface area is 189 Å². The van der Waals surface area contributed by atoms with E-state index in [1.807, 2.05) is 16.3 Å². The molecule has 1 aliphatic heterocycles. The first kappa shape index (κ1) is 21.1.